The Kier molecular flexibility index (Phi) is 5.33. The molecule has 0 bridgehead atoms. The maximum atomic E-state index is 6.25. The lowest BCUT2D eigenvalue weighted by Gasteiger charge is -2.20. The van der Waals surface area contributed by atoms with Crippen molar-refractivity contribution in [3.8, 4) is 0 Å². The molecule has 2 aromatic rings. The van der Waals surface area contributed by atoms with E-state index in [2.05, 4.69) is 21.9 Å². The third kappa shape index (κ3) is 3.74. The molecule has 0 spiro atoms. The molecule has 0 amide bonds. The molecule has 0 radical (unpaired) electrons. The highest BCUT2D eigenvalue weighted by molar-refractivity contribution is 6.31. The van der Waals surface area contributed by atoms with E-state index in [9.17, 15) is 0 Å². The largest absolute Gasteiger partial charge is 0.366 e. The zero-order chi connectivity index (χ0) is 16.1. The number of nitrogens with zero attached hydrogens (tertiary/aromatic N) is 5. The van der Waals surface area contributed by atoms with Crippen LogP contribution in [0.5, 0.6) is 0 Å². The van der Waals surface area contributed by atoms with Crippen molar-refractivity contribution in [2.75, 3.05) is 25.5 Å². The van der Waals surface area contributed by atoms with Crippen LogP contribution in [-0.2, 0) is 0 Å². The van der Waals surface area contributed by atoms with Gasteiger partial charge in [-0.05, 0) is 37.6 Å². The van der Waals surface area contributed by atoms with Gasteiger partial charge >= 0.3 is 0 Å². The summed E-state index contributed by atoms with van der Waals surface area (Å²) in [6, 6.07) is 5.55. The molecule has 0 saturated heterocycles. The van der Waals surface area contributed by atoms with Gasteiger partial charge in [-0.3, -0.25) is 0 Å². The van der Waals surface area contributed by atoms with Gasteiger partial charge in [-0.1, -0.05) is 11.6 Å². The molecule has 1 aromatic heterocycles. The van der Waals surface area contributed by atoms with Gasteiger partial charge in [0.25, 0.3) is 0 Å². The first kappa shape index (κ1) is 16.2. The second kappa shape index (κ2) is 7.22. The van der Waals surface area contributed by atoms with Crippen molar-refractivity contribution in [1.82, 2.24) is 14.9 Å². The highest BCUT2D eigenvalue weighted by atomic mass is 35.5. The highest BCUT2D eigenvalue weighted by Crippen LogP contribution is 2.34. The number of aromatic nitrogens is 2. The quantitative estimate of drug-likeness (QED) is 0.621. The summed E-state index contributed by atoms with van der Waals surface area (Å²) in [7, 11) is 3.90. The second-order valence-electron chi connectivity index (χ2n) is 4.99. The predicted octanol–water partition coefficient (Wildman–Crippen LogP) is 3.82. The van der Waals surface area contributed by atoms with Gasteiger partial charge in [0.2, 0.25) is 5.95 Å². The fourth-order valence-electron chi connectivity index (χ4n) is 1.95. The topological polar surface area (TPSA) is 44.6 Å². The standard InChI is InChI=1S/C16H20ClN5/c1-5-21(3)11-20-14-9-13(17)10-15(12(14)2)22(4)16-18-7-6-8-19-16/h6-11H,5H2,1-4H3. The minimum absolute atomic E-state index is 0.619. The maximum Gasteiger partial charge on any atom is 0.229 e. The molecule has 22 heavy (non-hydrogen) atoms. The first-order valence-corrected chi connectivity index (χ1v) is 7.46. The minimum Gasteiger partial charge on any atom is -0.366 e. The SMILES string of the molecule is CCN(C)C=Nc1cc(Cl)cc(N(C)c2ncccn2)c1C. The molecule has 116 valence electrons. The molecule has 5 nitrogen and oxygen atoms in total. The normalized spacial score (nSPS) is 11.0. The van der Waals surface area contributed by atoms with E-state index in [1.807, 2.05) is 49.3 Å². The Hall–Kier alpha value is -2.14. The second-order valence-corrected chi connectivity index (χ2v) is 5.43. The van der Waals surface area contributed by atoms with E-state index in [4.69, 9.17) is 11.6 Å². The molecule has 0 fully saturated rings. The van der Waals surface area contributed by atoms with Crippen LogP contribution in [0.4, 0.5) is 17.3 Å². The molecule has 0 aliphatic carbocycles. The zero-order valence-corrected chi connectivity index (χ0v) is 14.0. The summed E-state index contributed by atoms with van der Waals surface area (Å²) in [6.45, 7) is 4.99. The van der Waals surface area contributed by atoms with Gasteiger partial charge in [-0.25, -0.2) is 15.0 Å². The molecular weight excluding hydrogens is 298 g/mol. The van der Waals surface area contributed by atoms with Gasteiger partial charge in [-0.2, -0.15) is 0 Å². The third-order valence-electron chi connectivity index (χ3n) is 3.42. The molecule has 2 rings (SSSR count). The number of halogens is 1. The zero-order valence-electron chi connectivity index (χ0n) is 13.3. The van der Waals surface area contributed by atoms with Gasteiger partial charge in [0.05, 0.1) is 17.7 Å². The molecule has 0 aliphatic heterocycles. The summed E-state index contributed by atoms with van der Waals surface area (Å²) in [5.41, 5.74) is 2.80. The van der Waals surface area contributed by atoms with Crippen molar-refractivity contribution < 1.29 is 0 Å². The van der Waals surface area contributed by atoms with Crippen LogP contribution in [0.3, 0.4) is 0 Å². The van der Waals surface area contributed by atoms with Crippen LogP contribution < -0.4 is 4.90 Å². The summed E-state index contributed by atoms with van der Waals surface area (Å²) in [4.78, 5) is 17.0. The molecule has 1 heterocycles. The fraction of sp³-hybridized carbons (Fsp3) is 0.312. The van der Waals surface area contributed by atoms with Crippen molar-refractivity contribution in [3.63, 3.8) is 0 Å². The van der Waals surface area contributed by atoms with Gasteiger partial charge in [-0.15, -0.1) is 0 Å². The summed E-state index contributed by atoms with van der Waals surface area (Å²) in [5, 5.41) is 0.634. The van der Waals surface area contributed by atoms with Crippen molar-refractivity contribution in [1.29, 1.82) is 0 Å². The van der Waals surface area contributed by atoms with E-state index in [0.717, 1.165) is 23.5 Å². The number of hydrogen-bond donors (Lipinski definition) is 0. The molecule has 0 aliphatic rings. The third-order valence-corrected chi connectivity index (χ3v) is 3.64. The monoisotopic (exact) mass is 317 g/mol. The number of rotatable bonds is 5. The van der Waals surface area contributed by atoms with Crippen LogP contribution in [0.15, 0.2) is 35.6 Å². The molecule has 1 aromatic carbocycles. The van der Waals surface area contributed by atoms with Crippen LogP contribution in [0, 0.1) is 6.92 Å². The lowest BCUT2D eigenvalue weighted by molar-refractivity contribution is 0.552. The Morgan fingerprint density at radius 2 is 1.91 bits per heavy atom. The summed E-state index contributed by atoms with van der Waals surface area (Å²) in [5.74, 6) is 0.619. The van der Waals surface area contributed by atoms with Crippen LogP contribution in [0.2, 0.25) is 5.02 Å². The Morgan fingerprint density at radius 3 is 2.55 bits per heavy atom. The smallest absolute Gasteiger partial charge is 0.229 e. The summed E-state index contributed by atoms with van der Waals surface area (Å²) < 4.78 is 0. The first-order valence-electron chi connectivity index (χ1n) is 7.08. The van der Waals surface area contributed by atoms with E-state index in [1.165, 1.54) is 0 Å². The van der Waals surface area contributed by atoms with Crippen LogP contribution >= 0.6 is 11.6 Å². The van der Waals surface area contributed by atoms with Crippen molar-refractivity contribution in [2.45, 2.75) is 13.8 Å². The number of anilines is 2. The van der Waals surface area contributed by atoms with Crippen molar-refractivity contribution >= 4 is 35.3 Å². The van der Waals surface area contributed by atoms with E-state index in [1.54, 1.807) is 18.5 Å². The molecule has 0 atom stereocenters. The lowest BCUT2D eigenvalue weighted by atomic mass is 10.1. The van der Waals surface area contributed by atoms with Crippen molar-refractivity contribution in [2.24, 2.45) is 4.99 Å². The van der Waals surface area contributed by atoms with E-state index >= 15 is 0 Å². The number of aliphatic imine (C=N–C) groups is 1. The van der Waals surface area contributed by atoms with Crippen molar-refractivity contribution in [3.05, 3.63) is 41.2 Å². The average molecular weight is 318 g/mol. The lowest BCUT2D eigenvalue weighted by Crippen LogP contribution is -2.15. The Balaban J connectivity index is 2.40. The van der Waals surface area contributed by atoms with E-state index in [-0.39, 0.29) is 0 Å². The molecule has 0 saturated carbocycles. The van der Waals surface area contributed by atoms with Gasteiger partial charge < -0.3 is 9.80 Å². The molecule has 0 unspecified atom stereocenters. The molecule has 0 N–H and O–H groups in total. The summed E-state index contributed by atoms with van der Waals surface area (Å²) in [6.07, 6.45) is 5.24. The van der Waals surface area contributed by atoms with Gasteiger partial charge in [0.1, 0.15) is 0 Å². The van der Waals surface area contributed by atoms with E-state index < -0.39 is 0 Å². The van der Waals surface area contributed by atoms with Crippen LogP contribution in [0.1, 0.15) is 12.5 Å². The van der Waals surface area contributed by atoms with Gasteiger partial charge in [0.15, 0.2) is 0 Å². The number of hydrogen-bond acceptors (Lipinski definition) is 4. The average Bonchev–Trinajstić information content (AvgIpc) is 2.55. The maximum absolute atomic E-state index is 6.25. The predicted molar refractivity (Wildman–Crippen MR) is 92.7 cm³/mol. The fourth-order valence-corrected chi connectivity index (χ4v) is 2.15. The van der Waals surface area contributed by atoms with Gasteiger partial charge in [0, 0.05) is 38.1 Å². The van der Waals surface area contributed by atoms with Crippen LogP contribution in [-0.4, -0.2) is 41.8 Å². The molecular formula is C16H20ClN5. The Bertz CT molecular complexity index is 657. The highest BCUT2D eigenvalue weighted by Gasteiger charge is 2.13. The van der Waals surface area contributed by atoms with Crippen LogP contribution in [0.25, 0.3) is 0 Å². The Morgan fingerprint density at radius 1 is 1.23 bits per heavy atom. The van der Waals surface area contributed by atoms with E-state index in [0.29, 0.717) is 11.0 Å². The summed E-state index contributed by atoms with van der Waals surface area (Å²) >= 11 is 6.25. The number of benzene rings is 1. The Labute approximate surface area is 136 Å². The first-order chi connectivity index (χ1) is 10.5. The molecule has 6 heteroatoms. The minimum atomic E-state index is 0.619.